The summed E-state index contributed by atoms with van der Waals surface area (Å²) in [5.41, 5.74) is 12.4. The van der Waals surface area contributed by atoms with E-state index >= 15 is 0 Å². The van der Waals surface area contributed by atoms with E-state index in [1.807, 2.05) is 0 Å². The Labute approximate surface area is 149 Å². The molecule has 1 unspecified atom stereocenters. The molecule has 0 saturated heterocycles. The number of hydrogen-bond acceptors (Lipinski definition) is 5. The van der Waals surface area contributed by atoms with Gasteiger partial charge in [0.15, 0.2) is 0 Å². The van der Waals surface area contributed by atoms with Crippen molar-refractivity contribution in [1.82, 2.24) is 5.32 Å². The summed E-state index contributed by atoms with van der Waals surface area (Å²) in [5.74, 6) is -1.88. The van der Waals surface area contributed by atoms with E-state index in [0.29, 0.717) is 23.2 Å². The van der Waals surface area contributed by atoms with E-state index < -0.39 is 23.8 Å². The predicted octanol–water partition coefficient (Wildman–Crippen LogP) is 0.694. The van der Waals surface area contributed by atoms with Gasteiger partial charge in [0.25, 0.3) is 5.91 Å². The molecule has 0 aliphatic heterocycles. The summed E-state index contributed by atoms with van der Waals surface area (Å²) in [6, 6.07) is 11.1. The molecule has 134 valence electrons. The molecular formula is C18H18N4O4. The first kappa shape index (κ1) is 18.7. The monoisotopic (exact) mass is 354 g/mol. The Kier molecular flexibility index (Phi) is 6.05. The molecule has 0 heterocycles. The summed E-state index contributed by atoms with van der Waals surface area (Å²) >= 11 is 0. The molecule has 0 radical (unpaired) electrons. The van der Waals surface area contributed by atoms with Crippen molar-refractivity contribution in [3.63, 3.8) is 0 Å². The summed E-state index contributed by atoms with van der Waals surface area (Å²) in [6.45, 7) is 0. The normalized spacial score (nSPS) is 11.2. The minimum atomic E-state index is -1.15. The van der Waals surface area contributed by atoms with Gasteiger partial charge in [-0.05, 0) is 48.5 Å². The van der Waals surface area contributed by atoms with E-state index in [-0.39, 0.29) is 12.0 Å². The highest BCUT2D eigenvalue weighted by molar-refractivity contribution is 6.02. The van der Waals surface area contributed by atoms with Gasteiger partial charge in [0.1, 0.15) is 12.3 Å². The molecule has 0 saturated carbocycles. The third-order valence-electron chi connectivity index (χ3n) is 3.51. The Balaban J connectivity index is 2.10. The highest BCUT2D eigenvalue weighted by Gasteiger charge is 2.23. The quantitative estimate of drug-likeness (QED) is 0.427. The van der Waals surface area contributed by atoms with Crippen molar-refractivity contribution in [1.29, 1.82) is 0 Å². The molecule has 0 fully saturated rings. The topological polar surface area (TPSA) is 144 Å². The molecule has 2 rings (SSSR count). The second kappa shape index (κ2) is 8.43. The minimum Gasteiger partial charge on any atom is -0.399 e. The van der Waals surface area contributed by atoms with Gasteiger partial charge in [0.05, 0.1) is 6.42 Å². The molecule has 1 atom stereocenters. The molecule has 26 heavy (non-hydrogen) atoms. The van der Waals surface area contributed by atoms with Crippen LogP contribution < -0.4 is 22.1 Å². The van der Waals surface area contributed by atoms with Gasteiger partial charge < -0.3 is 22.1 Å². The molecule has 0 aromatic heterocycles. The Morgan fingerprint density at radius 2 is 1.62 bits per heavy atom. The summed E-state index contributed by atoms with van der Waals surface area (Å²) in [4.78, 5) is 46.6. The van der Waals surface area contributed by atoms with Crippen LogP contribution in [0.2, 0.25) is 0 Å². The number of anilines is 2. The van der Waals surface area contributed by atoms with E-state index in [2.05, 4.69) is 10.6 Å². The smallest absolute Gasteiger partial charge is 0.251 e. The van der Waals surface area contributed by atoms with Crippen molar-refractivity contribution in [3.8, 4) is 0 Å². The number of hydrogen-bond donors (Lipinski definition) is 4. The zero-order valence-electron chi connectivity index (χ0n) is 13.8. The number of nitrogen functional groups attached to an aromatic ring is 1. The van der Waals surface area contributed by atoms with Crippen molar-refractivity contribution in [2.75, 3.05) is 11.1 Å². The van der Waals surface area contributed by atoms with Gasteiger partial charge in [0.2, 0.25) is 11.8 Å². The second-order valence-corrected chi connectivity index (χ2v) is 5.55. The number of nitrogens with one attached hydrogen (secondary N) is 2. The molecule has 6 N–H and O–H groups in total. The van der Waals surface area contributed by atoms with Crippen molar-refractivity contribution >= 4 is 35.4 Å². The lowest BCUT2D eigenvalue weighted by Crippen LogP contribution is -2.46. The Bertz CT molecular complexity index is 816. The third-order valence-corrected chi connectivity index (χ3v) is 3.51. The average Bonchev–Trinajstić information content (AvgIpc) is 2.62. The van der Waals surface area contributed by atoms with Crippen molar-refractivity contribution in [2.45, 2.75) is 12.5 Å². The lowest BCUT2D eigenvalue weighted by atomic mass is 10.1. The minimum absolute atomic E-state index is 0.289. The van der Waals surface area contributed by atoms with Crippen LogP contribution >= 0.6 is 0 Å². The van der Waals surface area contributed by atoms with Gasteiger partial charge in [-0.15, -0.1) is 0 Å². The van der Waals surface area contributed by atoms with Gasteiger partial charge in [0, 0.05) is 22.5 Å². The molecule has 0 aliphatic carbocycles. The van der Waals surface area contributed by atoms with Crippen LogP contribution in [0, 0.1) is 0 Å². The summed E-state index contributed by atoms with van der Waals surface area (Å²) < 4.78 is 0. The molecule has 0 bridgehead atoms. The number of nitrogens with two attached hydrogens (primary N) is 2. The fraction of sp³-hybridized carbons (Fsp3) is 0.111. The Morgan fingerprint density at radius 3 is 2.15 bits per heavy atom. The standard InChI is InChI=1S/C18H18N4O4/c19-13-5-3-12(4-6-13)17(25)22-15(9-16(20)24)18(26)21-14-7-1-11(10-23)2-8-14/h1-8,10,15H,9,19H2,(H2,20,24)(H,21,26)(H,22,25). The first-order valence-electron chi connectivity index (χ1n) is 7.70. The predicted molar refractivity (Wildman–Crippen MR) is 96.4 cm³/mol. The Hall–Kier alpha value is -3.68. The van der Waals surface area contributed by atoms with Crippen molar-refractivity contribution < 1.29 is 19.2 Å². The first-order valence-corrected chi connectivity index (χ1v) is 7.70. The average molecular weight is 354 g/mol. The number of benzene rings is 2. The molecular weight excluding hydrogens is 336 g/mol. The lowest BCUT2D eigenvalue weighted by Gasteiger charge is -2.17. The highest BCUT2D eigenvalue weighted by Crippen LogP contribution is 2.10. The summed E-state index contributed by atoms with van der Waals surface area (Å²) in [5, 5.41) is 5.05. The van der Waals surface area contributed by atoms with E-state index in [0.717, 1.165) is 0 Å². The number of primary amides is 1. The number of carbonyl (C=O) groups is 4. The lowest BCUT2D eigenvalue weighted by molar-refractivity contribution is -0.123. The molecule has 8 heteroatoms. The van der Waals surface area contributed by atoms with E-state index in [1.54, 1.807) is 12.1 Å². The molecule has 0 aliphatic rings. The van der Waals surface area contributed by atoms with Crippen LogP contribution in [0.3, 0.4) is 0 Å². The fourth-order valence-electron chi connectivity index (χ4n) is 2.16. The van der Waals surface area contributed by atoms with E-state index in [4.69, 9.17) is 11.5 Å². The molecule has 2 aromatic rings. The first-order chi connectivity index (χ1) is 12.4. The molecule has 8 nitrogen and oxygen atoms in total. The number of rotatable bonds is 7. The molecule has 0 spiro atoms. The zero-order chi connectivity index (χ0) is 19.1. The SMILES string of the molecule is NC(=O)CC(NC(=O)c1ccc(N)cc1)C(=O)Nc1ccc(C=O)cc1. The number of amides is 3. The summed E-state index contributed by atoms with van der Waals surface area (Å²) in [7, 11) is 0. The maximum Gasteiger partial charge on any atom is 0.251 e. The fourth-order valence-corrected chi connectivity index (χ4v) is 2.16. The maximum absolute atomic E-state index is 12.4. The van der Waals surface area contributed by atoms with Crippen LogP contribution in [0.15, 0.2) is 48.5 Å². The van der Waals surface area contributed by atoms with Gasteiger partial charge in [-0.25, -0.2) is 0 Å². The van der Waals surface area contributed by atoms with Gasteiger partial charge in [-0.1, -0.05) is 0 Å². The van der Waals surface area contributed by atoms with Crippen LogP contribution in [0.25, 0.3) is 0 Å². The summed E-state index contributed by atoms with van der Waals surface area (Å²) in [6.07, 6.45) is 0.313. The zero-order valence-corrected chi connectivity index (χ0v) is 13.8. The second-order valence-electron chi connectivity index (χ2n) is 5.55. The van der Waals surface area contributed by atoms with Crippen molar-refractivity contribution in [2.24, 2.45) is 5.73 Å². The van der Waals surface area contributed by atoms with Crippen LogP contribution in [0.4, 0.5) is 11.4 Å². The largest absolute Gasteiger partial charge is 0.399 e. The number of aldehydes is 1. The van der Waals surface area contributed by atoms with Crippen LogP contribution in [-0.4, -0.2) is 30.0 Å². The highest BCUT2D eigenvalue weighted by atomic mass is 16.2. The van der Waals surface area contributed by atoms with Gasteiger partial charge >= 0.3 is 0 Å². The van der Waals surface area contributed by atoms with Gasteiger partial charge in [-0.3, -0.25) is 19.2 Å². The van der Waals surface area contributed by atoms with Crippen LogP contribution in [-0.2, 0) is 9.59 Å². The Morgan fingerprint density at radius 1 is 1.00 bits per heavy atom. The number of carbonyl (C=O) groups excluding carboxylic acids is 4. The molecule has 3 amide bonds. The van der Waals surface area contributed by atoms with Crippen LogP contribution in [0.5, 0.6) is 0 Å². The van der Waals surface area contributed by atoms with Crippen LogP contribution in [0.1, 0.15) is 27.1 Å². The van der Waals surface area contributed by atoms with E-state index in [9.17, 15) is 19.2 Å². The van der Waals surface area contributed by atoms with E-state index in [1.165, 1.54) is 36.4 Å². The molecule has 2 aromatic carbocycles. The van der Waals surface area contributed by atoms with Crippen molar-refractivity contribution in [3.05, 3.63) is 59.7 Å². The maximum atomic E-state index is 12.4. The van der Waals surface area contributed by atoms with Gasteiger partial charge in [-0.2, -0.15) is 0 Å². The third kappa shape index (κ3) is 5.17.